The molecular formula is C72H68N6. The average molecular weight is 1020 g/mol. The number of hydrogen-bond donors (Lipinski definition) is 5. The minimum absolute atomic E-state index is 0.0421. The van der Waals surface area contributed by atoms with Crippen LogP contribution < -0.4 is 26.6 Å². The molecule has 0 saturated carbocycles. The van der Waals surface area contributed by atoms with Gasteiger partial charge in [0.15, 0.2) is 0 Å². The average Bonchev–Trinajstić information content (AvgIpc) is 3.57. The molecule has 7 aromatic rings. The molecule has 7 atom stereocenters. The lowest BCUT2D eigenvalue weighted by atomic mass is 9.80. The van der Waals surface area contributed by atoms with E-state index in [2.05, 4.69) is 269 Å². The molecule has 0 aromatic heterocycles. The maximum absolute atomic E-state index is 5.63. The van der Waals surface area contributed by atoms with Gasteiger partial charge in [-0.25, -0.2) is 4.99 Å². The standard InChI is InChI=1S/C72H68N6/c1-5-24-49(25-6-1)59-38-13-17-42-63(59)69-73-67(74-70(77-69)64-43-18-14-39-60(64)50-26-7-2-8-27-50)57-36-22-34-55(47-57)53-32-21-33-54(46-53)56-35-23-37-58(48-56)68-75-71(65-44-19-15-40-61(65)51-28-9-3-10-29-51)78-72(76-68)66-45-20-16-41-62(66)52-30-11-4-12-31-52/h1-3,5-10,13,15-17,19-30,32-44,46-47,58,66-71,73-75,77H,4,11-12,14,18,31,45,48H2,(H,76,78). The Balaban J connectivity index is 0.790. The van der Waals surface area contributed by atoms with Gasteiger partial charge in [0.25, 0.3) is 0 Å². The van der Waals surface area contributed by atoms with Gasteiger partial charge in [0, 0.05) is 11.8 Å². The van der Waals surface area contributed by atoms with E-state index in [1.54, 1.807) is 0 Å². The number of nitrogens with one attached hydrogen (secondary N) is 5. The fourth-order valence-corrected chi connectivity index (χ4v) is 12.7. The van der Waals surface area contributed by atoms with Crippen LogP contribution in [-0.2, 0) is 0 Å². The van der Waals surface area contributed by atoms with Crippen LogP contribution in [0.25, 0.3) is 44.5 Å². The zero-order valence-electron chi connectivity index (χ0n) is 44.2. The van der Waals surface area contributed by atoms with Gasteiger partial charge in [0.2, 0.25) is 0 Å². The number of amidine groups is 1. The molecule has 7 unspecified atom stereocenters. The topological polar surface area (TPSA) is 72.5 Å². The van der Waals surface area contributed by atoms with Gasteiger partial charge in [-0.05, 0) is 153 Å². The number of aliphatic imine (C=N–C) groups is 1. The van der Waals surface area contributed by atoms with Crippen molar-refractivity contribution in [3.8, 4) is 33.4 Å². The van der Waals surface area contributed by atoms with Crippen molar-refractivity contribution in [2.45, 2.75) is 82.2 Å². The van der Waals surface area contributed by atoms with E-state index in [0.29, 0.717) is 0 Å². The molecule has 78 heavy (non-hydrogen) atoms. The number of rotatable bonds is 12. The number of nitrogens with zero attached hydrogens (tertiary/aromatic N) is 1. The summed E-state index contributed by atoms with van der Waals surface area (Å²) in [5, 5.41) is 20.3. The molecule has 0 bridgehead atoms. The molecule has 7 aromatic carbocycles. The minimum atomic E-state index is -0.219. The first-order valence-corrected chi connectivity index (χ1v) is 28.4. The van der Waals surface area contributed by atoms with Crippen molar-refractivity contribution < 1.29 is 0 Å². The first kappa shape index (κ1) is 49.6. The van der Waals surface area contributed by atoms with Crippen LogP contribution in [0.2, 0.25) is 0 Å². The Bertz CT molecular complexity index is 3540. The third kappa shape index (κ3) is 10.6. The highest BCUT2D eigenvalue weighted by Crippen LogP contribution is 2.41. The molecule has 5 N–H and O–H groups in total. The summed E-state index contributed by atoms with van der Waals surface area (Å²) in [5.41, 5.74) is 20.2. The first-order chi connectivity index (χ1) is 38.7. The molecule has 6 aliphatic rings. The summed E-state index contributed by atoms with van der Waals surface area (Å²) in [6.07, 6.45) is 29.3. The van der Waals surface area contributed by atoms with Crippen molar-refractivity contribution >= 4 is 17.0 Å². The Kier molecular flexibility index (Phi) is 14.6. The van der Waals surface area contributed by atoms with Crippen LogP contribution in [0.5, 0.6) is 0 Å². The monoisotopic (exact) mass is 1020 g/mol. The molecule has 1 fully saturated rings. The van der Waals surface area contributed by atoms with Crippen molar-refractivity contribution in [2.75, 3.05) is 0 Å². The molecule has 2 heterocycles. The lowest BCUT2D eigenvalue weighted by Gasteiger charge is -2.42. The van der Waals surface area contributed by atoms with E-state index in [4.69, 9.17) is 4.99 Å². The van der Waals surface area contributed by atoms with Crippen molar-refractivity contribution in [2.24, 2.45) is 16.8 Å². The lowest BCUT2D eigenvalue weighted by molar-refractivity contribution is 0.225. The summed E-state index contributed by atoms with van der Waals surface area (Å²) in [4.78, 5) is 5.63. The molecule has 0 spiro atoms. The SMILES string of the molecule is C1=CCC(C2=NC(c3ccccc3-c3ccccc3)NC(C3C=CC=C(c4cccc(-c5cccc(C6NC(C7=CCCC=C7c7ccccc7)NC(c7ccccc7-c7ccccc7)N6)c5)c4)C3)N2)C(C2=CCCCC2)=C1. The normalized spacial score (nSPS) is 24.1. The molecule has 13 rings (SSSR count). The van der Waals surface area contributed by atoms with E-state index >= 15 is 0 Å². The fourth-order valence-electron chi connectivity index (χ4n) is 12.7. The predicted octanol–water partition coefficient (Wildman–Crippen LogP) is 15.9. The molecule has 4 aliphatic carbocycles. The van der Waals surface area contributed by atoms with E-state index in [0.717, 1.165) is 44.4 Å². The Morgan fingerprint density at radius 3 is 1.86 bits per heavy atom. The van der Waals surface area contributed by atoms with Crippen LogP contribution in [-0.4, -0.2) is 18.2 Å². The lowest BCUT2D eigenvalue weighted by Crippen LogP contribution is -2.59. The second-order valence-corrected chi connectivity index (χ2v) is 21.6. The highest BCUT2D eigenvalue weighted by molar-refractivity contribution is 5.90. The van der Waals surface area contributed by atoms with Gasteiger partial charge < -0.3 is 5.32 Å². The number of benzene rings is 7. The smallest absolute Gasteiger partial charge is 0.129 e. The molecular weight excluding hydrogens is 949 g/mol. The van der Waals surface area contributed by atoms with Gasteiger partial charge in [-0.1, -0.05) is 231 Å². The summed E-state index contributed by atoms with van der Waals surface area (Å²) in [7, 11) is 0. The zero-order valence-corrected chi connectivity index (χ0v) is 44.2. The number of hydrogen-bond acceptors (Lipinski definition) is 6. The quantitative estimate of drug-likeness (QED) is 0.0844. The largest absolute Gasteiger partial charge is 0.357 e. The Labute approximate surface area is 461 Å². The zero-order chi connectivity index (χ0) is 52.0. The van der Waals surface area contributed by atoms with E-state index in [-0.39, 0.29) is 42.7 Å². The third-order valence-corrected chi connectivity index (χ3v) is 16.7. The number of allylic oxidation sites excluding steroid dienone is 10. The third-order valence-electron chi connectivity index (χ3n) is 16.7. The maximum Gasteiger partial charge on any atom is 0.129 e. The van der Waals surface area contributed by atoms with Crippen LogP contribution in [0.3, 0.4) is 0 Å². The van der Waals surface area contributed by atoms with Crippen LogP contribution in [0.15, 0.2) is 264 Å². The van der Waals surface area contributed by atoms with E-state index in [1.807, 2.05) is 0 Å². The van der Waals surface area contributed by atoms with Crippen LogP contribution in [0, 0.1) is 11.8 Å². The summed E-state index contributed by atoms with van der Waals surface area (Å²) >= 11 is 0. The van der Waals surface area contributed by atoms with Crippen molar-refractivity contribution in [1.29, 1.82) is 0 Å². The molecule has 0 amide bonds. The molecule has 0 radical (unpaired) electrons. The van der Waals surface area contributed by atoms with E-state index < -0.39 is 0 Å². The fraction of sp³-hybridized carbons (Fsp3) is 0.208. The molecule has 2 aliphatic heterocycles. The highest BCUT2D eigenvalue weighted by atomic mass is 15.4. The molecule has 6 nitrogen and oxygen atoms in total. The predicted molar refractivity (Wildman–Crippen MR) is 323 cm³/mol. The summed E-state index contributed by atoms with van der Waals surface area (Å²) in [6.45, 7) is 0. The van der Waals surface area contributed by atoms with Crippen molar-refractivity contribution in [3.63, 3.8) is 0 Å². The summed E-state index contributed by atoms with van der Waals surface area (Å²) < 4.78 is 0. The van der Waals surface area contributed by atoms with E-state index in [1.165, 1.54) is 102 Å². The van der Waals surface area contributed by atoms with Crippen molar-refractivity contribution in [1.82, 2.24) is 26.6 Å². The van der Waals surface area contributed by atoms with Crippen LogP contribution in [0.4, 0.5) is 0 Å². The maximum atomic E-state index is 5.63. The minimum Gasteiger partial charge on any atom is -0.357 e. The molecule has 1 saturated heterocycles. The van der Waals surface area contributed by atoms with Crippen LogP contribution >= 0.6 is 0 Å². The summed E-state index contributed by atoms with van der Waals surface area (Å²) in [6, 6.07) is 68.4. The van der Waals surface area contributed by atoms with Gasteiger partial charge in [-0.15, -0.1) is 0 Å². The Morgan fingerprint density at radius 1 is 0.449 bits per heavy atom. The first-order valence-electron chi connectivity index (χ1n) is 28.4. The Hall–Kier alpha value is -7.97. The van der Waals surface area contributed by atoms with Gasteiger partial charge in [-0.3, -0.25) is 21.3 Å². The second-order valence-electron chi connectivity index (χ2n) is 21.6. The van der Waals surface area contributed by atoms with E-state index in [9.17, 15) is 0 Å². The summed E-state index contributed by atoms with van der Waals surface area (Å²) in [5.74, 6) is 1.44. The molecule has 6 heteroatoms. The Morgan fingerprint density at radius 2 is 1.09 bits per heavy atom. The van der Waals surface area contributed by atoms with Crippen LogP contribution in [0.1, 0.15) is 97.7 Å². The second kappa shape index (κ2) is 22.9. The van der Waals surface area contributed by atoms with Gasteiger partial charge in [0.1, 0.15) is 12.0 Å². The van der Waals surface area contributed by atoms with Gasteiger partial charge >= 0.3 is 0 Å². The van der Waals surface area contributed by atoms with Crippen molar-refractivity contribution in [3.05, 3.63) is 287 Å². The van der Waals surface area contributed by atoms with Gasteiger partial charge in [0.05, 0.1) is 24.7 Å². The highest BCUT2D eigenvalue weighted by Gasteiger charge is 2.37. The van der Waals surface area contributed by atoms with Gasteiger partial charge in [-0.2, -0.15) is 0 Å². The molecule has 386 valence electrons.